The first-order chi connectivity index (χ1) is 14.1. The van der Waals surface area contributed by atoms with Crippen LogP contribution in [0.15, 0.2) is 29.3 Å². The summed E-state index contributed by atoms with van der Waals surface area (Å²) in [4.78, 5) is 29.9. The number of piperidine rings is 1. The van der Waals surface area contributed by atoms with Gasteiger partial charge < -0.3 is 30.3 Å². The normalized spacial score (nSPS) is 14.4. The van der Waals surface area contributed by atoms with Crippen LogP contribution in [-0.2, 0) is 4.74 Å². The average Bonchev–Trinajstić information content (AvgIpc) is 2.76. The largest absolute Gasteiger partial charge is 0.497 e. The summed E-state index contributed by atoms with van der Waals surface area (Å²) in [5.41, 5.74) is 0.556. The van der Waals surface area contributed by atoms with Gasteiger partial charge in [0.1, 0.15) is 5.75 Å². The highest BCUT2D eigenvalue weighted by atomic mass is 127. The summed E-state index contributed by atoms with van der Waals surface area (Å²) in [6.45, 7) is 4.51. The maximum absolute atomic E-state index is 12.2. The predicted octanol–water partition coefficient (Wildman–Crippen LogP) is 1.83. The summed E-state index contributed by atoms with van der Waals surface area (Å²) >= 11 is 0. The van der Waals surface area contributed by atoms with Gasteiger partial charge in [-0.15, -0.1) is 24.0 Å². The van der Waals surface area contributed by atoms with E-state index in [1.165, 1.54) is 0 Å². The summed E-state index contributed by atoms with van der Waals surface area (Å²) in [7, 11) is 3.28. The van der Waals surface area contributed by atoms with E-state index in [9.17, 15) is 9.59 Å². The van der Waals surface area contributed by atoms with Crippen LogP contribution in [0.2, 0.25) is 0 Å². The number of carbonyl (C=O) groups is 2. The number of hydrogen-bond acceptors (Lipinski definition) is 5. The Labute approximate surface area is 195 Å². The molecule has 3 N–H and O–H groups in total. The zero-order chi connectivity index (χ0) is 21.1. The highest BCUT2D eigenvalue weighted by Crippen LogP contribution is 2.12. The molecule has 1 aliphatic rings. The Morgan fingerprint density at radius 3 is 2.53 bits per heavy atom. The summed E-state index contributed by atoms with van der Waals surface area (Å²) < 4.78 is 10.2. The standard InChI is InChI=1S/C20H31N5O4.HI/c1-4-29-20(27)25-12-8-16(9-13-25)24-19(21-2)23-11-10-22-18(26)15-6-5-7-17(14-15)28-3;/h5-7,14,16H,4,8-13H2,1-3H3,(H,22,26)(H2,21,23,24);1H. The monoisotopic (exact) mass is 533 g/mol. The molecular formula is C20H32IN5O4. The lowest BCUT2D eigenvalue weighted by Crippen LogP contribution is -2.50. The average molecular weight is 533 g/mol. The van der Waals surface area contributed by atoms with Gasteiger partial charge in [-0.2, -0.15) is 0 Å². The van der Waals surface area contributed by atoms with E-state index in [0.717, 1.165) is 12.8 Å². The summed E-state index contributed by atoms with van der Waals surface area (Å²) in [5.74, 6) is 1.17. The fourth-order valence-electron chi connectivity index (χ4n) is 3.03. The third-order valence-corrected chi connectivity index (χ3v) is 4.62. The van der Waals surface area contributed by atoms with Crippen LogP contribution in [0.5, 0.6) is 5.75 Å². The van der Waals surface area contributed by atoms with Crippen LogP contribution in [0.25, 0.3) is 0 Å². The predicted molar refractivity (Wildman–Crippen MR) is 127 cm³/mol. The number of nitrogens with zero attached hydrogens (tertiary/aromatic N) is 2. The van der Waals surface area contributed by atoms with Gasteiger partial charge in [-0.1, -0.05) is 6.07 Å². The molecule has 9 nitrogen and oxygen atoms in total. The fraction of sp³-hybridized carbons (Fsp3) is 0.550. The minimum absolute atomic E-state index is 0. The second-order valence-corrected chi connectivity index (χ2v) is 6.59. The van der Waals surface area contributed by atoms with Gasteiger partial charge in [0, 0.05) is 44.8 Å². The van der Waals surface area contributed by atoms with Crippen molar-refractivity contribution < 1.29 is 19.1 Å². The first-order valence-corrected chi connectivity index (χ1v) is 9.88. The molecule has 1 heterocycles. The molecule has 1 fully saturated rings. The molecule has 0 aliphatic carbocycles. The molecule has 1 saturated heterocycles. The van der Waals surface area contributed by atoms with Crippen molar-refractivity contribution >= 4 is 41.9 Å². The topological polar surface area (TPSA) is 104 Å². The molecule has 168 valence electrons. The number of rotatable bonds is 7. The molecule has 0 aromatic heterocycles. The highest BCUT2D eigenvalue weighted by molar-refractivity contribution is 14.0. The van der Waals surface area contributed by atoms with Crippen molar-refractivity contribution in [2.24, 2.45) is 4.99 Å². The number of carbonyl (C=O) groups excluding carboxylic acids is 2. The van der Waals surface area contributed by atoms with Crippen LogP contribution in [0.4, 0.5) is 4.79 Å². The van der Waals surface area contributed by atoms with Crippen LogP contribution in [-0.4, -0.2) is 75.8 Å². The van der Waals surface area contributed by atoms with E-state index in [1.54, 1.807) is 50.2 Å². The van der Waals surface area contributed by atoms with Crippen molar-refractivity contribution in [3.05, 3.63) is 29.8 Å². The number of guanidine groups is 1. The molecular weight excluding hydrogens is 501 g/mol. The molecule has 1 aromatic rings. The number of likely N-dealkylation sites (tertiary alicyclic amines) is 1. The maximum Gasteiger partial charge on any atom is 0.409 e. The summed E-state index contributed by atoms with van der Waals surface area (Å²) in [6, 6.07) is 7.26. The Morgan fingerprint density at radius 1 is 1.20 bits per heavy atom. The Bertz CT molecular complexity index is 708. The van der Waals surface area contributed by atoms with Crippen LogP contribution in [0.1, 0.15) is 30.1 Å². The molecule has 0 saturated carbocycles. The molecule has 30 heavy (non-hydrogen) atoms. The molecule has 1 aliphatic heterocycles. The van der Waals surface area contributed by atoms with E-state index in [1.807, 2.05) is 0 Å². The van der Waals surface area contributed by atoms with Gasteiger partial charge in [0.05, 0.1) is 13.7 Å². The molecule has 0 radical (unpaired) electrons. The van der Waals surface area contributed by atoms with Crippen molar-refractivity contribution in [1.82, 2.24) is 20.9 Å². The van der Waals surface area contributed by atoms with E-state index in [2.05, 4.69) is 20.9 Å². The van der Waals surface area contributed by atoms with E-state index in [4.69, 9.17) is 9.47 Å². The van der Waals surface area contributed by atoms with Crippen molar-refractivity contribution in [1.29, 1.82) is 0 Å². The fourth-order valence-corrected chi connectivity index (χ4v) is 3.03. The Hall–Kier alpha value is -2.24. The second kappa shape index (κ2) is 13.9. The van der Waals surface area contributed by atoms with Gasteiger partial charge in [0.15, 0.2) is 5.96 Å². The number of nitrogens with one attached hydrogen (secondary N) is 3. The molecule has 0 spiro atoms. The molecule has 0 atom stereocenters. The number of amides is 2. The van der Waals surface area contributed by atoms with Gasteiger partial charge in [-0.05, 0) is 38.0 Å². The lowest BCUT2D eigenvalue weighted by Gasteiger charge is -2.32. The van der Waals surface area contributed by atoms with Gasteiger partial charge >= 0.3 is 6.09 Å². The third kappa shape index (κ3) is 8.25. The molecule has 0 unspecified atom stereocenters. The second-order valence-electron chi connectivity index (χ2n) is 6.59. The minimum atomic E-state index is -0.250. The maximum atomic E-state index is 12.2. The first kappa shape index (κ1) is 25.8. The van der Waals surface area contributed by atoms with E-state index >= 15 is 0 Å². The van der Waals surface area contributed by atoms with Gasteiger partial charge in [0.25, 0.3) is 5.91 Å². The number of halogens is 1. The number of ether oxygens (including phenoxy) is 2. The molecule has 2 amide bonds. The van der Waals surface area contributed by atoms with Crippen LogP contribution in [0, 0.1) is 0 Å². The Morgan fingerprint density at radius 2 is 1.90 bits per heavy atom. The van der Waals surface area contributed by atoms with E-state index in [0.29, 0.717) is 50.1 Å². The van der Waals surface area contributed by atoms with Crippen molar-refractivity contribution in [2.45, 2.75) is 25.8 Å². The first-order valence-electron chi connectivity index (χ1n) is 9.88. The van der Waals surface area contributed by atoms with Crippen molar-refractivity contribution in [3.63, 3.8) is 0 Å². The van der Waals surface area contributed by atoms with Crippen molar-refractivity contribution in [3.8, 4) is 5.75 Å². The number of methoxy groups -OCH3 is 1. The van der Waals surface area contributed by atoms with Crippen LogP contribution < -0.4 is 20.7 Å². The molecule has 0 bridgehead atoms. The SMILES string of the molecule is CCOC(=O)N1CCC(NC(=NC)NCCNC(=O)c2cccc(OC)c2)CC1.I. The molecule has 1 aromatic carbocycles. The Kier molecular flexibility index (Phi) is 11.9. The molecule has 2 rings (SSSR count). The summed E-state index contributed by atoms with van der Waals surface area (Å²) in [5, 5.41) is 9.42. The lowest BCUT2D eigenvalue weighted by atomic mass is 10.1. The van der Waals surface area contributed by atoms with E-state index in [-0.39, 0.29) is 42.0 Å². The number of hydrogen-bond donors (Lipinski definition) is 3. The van der Waals surface area contributed by atoms with Crippen LogP contribution in [0.3, 0.4) is 0 Å². The summed E-state index contributed by atoms with van der Waals surface area (Å²) in [6.07, 6.45) is 1.40. The van der Waals surface area contributed by atoms with Gasteiger partial charge in [0.2, 0.25) is 0 Å². The quantitative estimate of drug-likeness (QED) is 0.214. The third-order valence-electron chi connectivity index (χ3n) is 4.62. The number of aliphatic imine (C=N–C) groups is 1. The lowest BCUT2D eigenvalue weighted by molar-refractivity contribution is 0.0947. The number of benzene rings is 1. The van der Waals surface area contributed by atoms with E-state index < -0.39 is 0 Å². The van der Waals surface area contributed by atoms with Gasteiger partial charge in [-0.25, -0.2) is 4.79 Å². The van der Waals surface area contributed by atoms with Crippen LogP contribution >= 0.6 is 24.0 Å². The van der Waals surface area contributed by atoms with Crippen molar-refractivity contribution in [2.75, 3.05) is 46.9 Å². The Balaban J connectivity index is 0.00000450. The smallest absolute Gasteiger partial charge is 0.409 e. The molecule has 10 heteroatoms. The zero-order valence-corrected chi connectivity index (χ0v) is 20.1. The highest BCUT2D eigenvalue weighted by Gasteiger charge is 2.23. The zero-order valence-electron chi connectivity index (χ0n) is 17.8. The minimum Gasteiger partial charge on any atom is -0.497 e. The van der Waals surface area contributed by atoms with Gasteiger partial charge in [-0.3, -0.25) is 9.79 Å².